The van der Waals surface area contributed by atoms with Crippen molar-refractivity contribution in [3.8, 4) is 34.5 Å². The number of aromatic hydroxyl groups is 1. The van der Waals surface area contributed by atoms with Crippen LogP contribution in [-0.2, 0) is 29.8 Å². The molecular weight excluding hydrogens is 2020 g/mol. The van der Waals surface area contributed by atoms with Crippen molar-refractivity contribution in [3.63, 3.8) is 0 Å². The lowest BCUT2D eigenvalue weighted by atomic mass is 9.47. The van der Waals surface area contributed by atoms with Crippen molar-refractivity contribution in [2.24, 2.45) is 16.6 Å². The Morgan fingerprint density at radius 3 is 1.14 bits per heavy atom. The third kappa shape index (κ3) is 28.4. The Morgan fingerprint density at radius 1 is 0.485 bits per heavy atom. The highest BCUT2D eigenvalue weighted by Gasteiger charge is 2.79. The summed E-state index contributed by atoms with van der Waals surface area (Å²) in [5, 5.41) is 47.7. The fraction of sp³-hybridized carbons (Fsp3) is 0.408. The SMILES string of the molecule is CC[C@]12C=CCN3CC[C@@]4(c5ccc(OC)cc5N(C)[C@H]4[C@@](O)(CN)[C@@H]1O)[C@@H]32.CC[C@]12C=CCN3CC[C@@]4(c5ccc(OC)cc5N(C)[C@H]4[C@@](O)(CNC(=O)Oc4ccc(F)c(F)c4)[C@@H]1OC(C)=O)[C@@H]32.FF.FF.FF.FF.FF.FF.FF.FF.O=C(Cl)Oc1ccc(F)c(F)c1.O=C(Cl)Oc1ccc(F)c(F)c1.O=C(OC(Cl)(Cl)Cl)OC(Cl)(Cl)Cl.Oc1ccc(F)c(F)c1.[B]. The van der Waals surface area contributed by atoms with Gasteiger partial charge in [0, 0.05) is 227 Å². The number of hydrogen-bond acceptors (Lipinski definition) is 22. The van der Waals surface area contributed by atoms with E-state index in [1.54, 1.807) is 14.2 Å². The van der Waals surface area contributed by atoms with E-state index in [0.29, 0.717) is 12.2 Å². The van der Waals surface area contributed by atoms with E-state index in [1.165, 1.54) is 12.5 Å². The number of carbonyl (C=O) groups is 5. The second kappa shape index (κ2) is 55.9. The van der Waals surface area contributed by atoms with Gasteiger partial charge in [0.2, 0.25) is 0 Å². The number of aliphatic hydroxyl groups is 3. The number of amides is 1. The van der Waals surface area contributed by atoms with Crippen molar-refractivity contribution in [2.45, 2.75) is 113 Å². The van der Waals surface area contributed by atoms with Crippen molar-refractivity contribution in [1.29, 1.82) is 0 Å². The fourth-order valence-electron chi connectivity index (χ4n) is 17.8. The molecule has 7 N–H and O–H groups in total. The normalized spacial score (nSPS) is 23.5. The molecule has 0 unspecified atom stereocenters. The molecule has 23 nitrogen and oxygen atoms in total. The van der Waals surface area contributed by atoms with Crippen LogP contribution in [0.15, 0.2) is 133 Å². The molecule has 14 rings (SSSR count). The van der Waals surface area contributed by atoms with E-state index in [9.17, 15) is 74.4 Å². The third-order valence-corrected chi connectivity index (χ3v) is 22.2. The zero-order valence-electron chi connectivity index (χ0n) is 68.4. The van der Waals surface area contributed by atoms with E-state index in [0.717, 1.165) is 141 Å². The first-order valence-corrected chi connectivity index (χ1v) is 39.0. The Bertz CT molecular complexity index is 4660. The molecule has 0 aromatic heterocycles. The van der Waals surface area contributed by atoms with Gasteiger partial charge in [-0.1, -0.05) is 50.3 Å². The van der Waals surface area contributed by atoms with Gasteiger partial charge < -0.3 is 79.2 Å². The monoisotopic (exact) mass is 2090 g/mol. The molecule has 2 spiro atoms. The van der Waals surface area contributed by atoms with Gasteiger partial charge in [-0.25, -0.2) is 54.3 Å². The van der Waals surface area contributed by atoms with Crippen LogP contribution < -0.4 is 44.5 Å². The van der Waals surface area contributed by atoms with E-state index in [4.69, 9.17) is 196 Å². The lowest BCUT2D eigenvalue weighted by Crippen LogP contribution is -2.81. The number of hydrogen-bond donors (Lipinski definition) is 6. The number of methoxy groups -OCH3 is 2. The lowest BCUT2D eigenvalue weighted by Gasteiger charge is -2.64. The molecule has 1 amide bonds. The highest BCUT2D eigenvalue weighted by atomic mass is 35.6. The van der Waals surface area contributed by atoms with Crippen molar-refractivity contribution >= 4 is 142 Å². The van der Waals surface area contributed by atoms with Gasteiger partial charge in [-0.2, -0.15) is 0 Å². The molecule has 56 heteroatoms. The van der Waals surface area contributed by atoms with Crippen LogP contribution in [0.25, 0.3) is 0 Å². The summed E-state index contributed by atoms with van der Waals surface area (Å²) in [5.41, 5.74) is 2.96. The number of carbonyl (C=O) groups excluding carboxylic acids is 5. The molecule has 2 aliphatic carbocycles. The zero-order valence-corrected chi connectivity index (χ0v) is 74.4. The quantitative estimate of drug-likeness (QED) is 0.0175. The second-order valence-electron chi connectivity index (χ2n) is 27.6. The number of alkyl halides is 6. The molecule has 2 saturated carbocycles. The number of nitrogens with one attached hydrogen (secondary N) is 1. The maximum absolute atomic E-state index is 13.7. The van der Waals surface area contributed by atoms with E-state index in [2.05, 4.69) is 88.4 Å². The number of ether oxygens (including phenoxy) is 8. The number of esters is 1. The average molecular weight is 2100 g/mol. The number of halogens is 32. The standard InChI is InChI=1S/C31H35F2N3O6.C22H31N3O3.2C7H3ClF2O2.C6H4F2O.C3Cl6O3.B.8F2/c1-5-29-11-6-13-36-14-12-30(25(29)36)21-9-7-19(40-4)16-24(21)35(3)26(30)31(39,27(29)41-18(2)37)17-34-28(38)42-20-8-10-22(32)23(33)15-20;1-4-20-8-5-10-25-11-9-21(17(20)25)15-7-6-14(28-3)12-16(15)24(2)18(21)22(27,13-23)19(20)26;2*8-7(11)12-4-1-2-5(9)6(10)3-4;7-5-2-1-4(9)3-6(5)8;4-2(5,6)11-1(10)12-3(7,8)9;;8*1-2/h6-11,15-16,25-27,39H,5,12-14,17H2,1-4H3,(H,34,38);5-8,12,17-19,26-27H,4,9-11,13,23H2,1-3H3;2*1-3H;1-3,9H;;;;;;;;;;/t25-,26+,27+,29+,30+,31-;17-,18+,19+,20+,21+,22-;;;;;;;;;;;;;/m00............./s1. The first-order valence-electron chi connectivity index (χ1n) is 36.0. The largest absolute Gasteiger partial charge is 0.515 e. The molecule has 4 fully saturated rings. The molecule has 0 bridgehead atoms. The van der Waals surface area contributed by atoms with Gasteiger partial charge in [0.1, 0.15) is 51.8 Å². The number of likely N-dealkylation sites (N-methyl/N-ethyl adjacent to an activating group) is 2. The number of benzene rings is 6. The highest BCUT2D eigenvalue weighted by Crippen LogP contribution is 2.69. The van der Waals surface area contributed by atoms with Crippen molar-refractivity contribution in [2.75, 3.05) is 77.4 Å². The van der Waals surface area contributed by atoms with E-state index in [-0.39, 0.29) is 68.0 Å². The van der Waals surface area contributed by atoms with Crippen molar-refractivity contribution in [3.05, 3.63) is 191 Å². The molecule has 6 aromatic carbocycles. The van der Waals surface area contributed by atoms with Gasteiger partial charge in [-0.15, -0.1) is 0 Å². The van der Waals surface area contributed by atoms with Gasteiger partial charge >= 0.3 is 37.0 Å². The predicted octanol–water partition coefficient (Wildman–Crippen LogP) is 21.6. The highest BCUT2D eigenvalue weighted by molar-refractivity contribution is 6.67. The summed E-state index contributed by atoms with van der Waals surface area (Å²) in [7, 11) is 7.19. The van der Waals surface area contributed by atoms with Crippen LogP contribution in [-0.4, -0.2) is 191 Å². The maximum Gasteiger partial charge on any atom is 0.515 e. The minimum atomic E-state index is -2.24. The summed E-state index contributed by atoms with van der Waals surface area (Å²) in [6.07, 6.45) is 7.16. The number of rotatable bonds is 11. The van der Waals surface area contributed by atoms with Gasteiger partial charge in [-0.05, 0) is 180 Å². The summed E-state index contributed by atoms with van der Waals surface area (Å²) in [6, 6.07) is 22.1. The number of phenolic OH excluding ortho intramolecular Hbond substituents is 1. The minimum Gasteiger partial charge on any atom is -0.508 e. The minimum absolute atomic E-state index is 0. The van der Waals surface area contributed by atoms with Crippen LogP contribution in [0.4, 0.5) is 139 Å². The summed E-state index contributed by atoms with van der Waals surface area (Å²) in [6.45, 7) is 8.51. The molecule has 6 heterocycles. The summed E-state index contributed by atoms with van der Waals surface area (Å²) in [5.74, 6) is -8.22. The number of anilines is 2. The first-order chi connectivity index (χ1) is 61.9. The number of nitrogens with zero attached hydrogens (tertiary/aromatic N) is 4. The fourth-order valence-corrected chi connectivity index (χ4v) is 18.4. The third-order valence-electron chi connectivity index (χ3n) is 21.6. The summed E-state index contributed by atoms with van der Waals surface area (Å²) in [4.78, 5) is 65.5. The van der Waals surface area contributed by atoms with Crippen molar-refractivity contribution in [1.82, 2.24) is 15.1 Å². The van der Waals surface area contributed by atoms with E-state index in [1.807, 2.05) is 44.1 Å². The van der Waals surface area contributed by atoms with E-state index < -0.39 is 129 Å². The second-order valence-corrected chi connectivity index (χ2v) is 32.5. The lowest BCUT2D eigenvalue weighted by molar-refractivity contribution is -0.216. The van der Waals surface area contributed by atoms with Gasteiger partial charge in [0.05, 0.1) is 39.0 Å². The van der Waals surface area contributed by atoms with Crippen LogP contribution in [0, 0.1) is 57.4 Å². The predicted molar refractivity (Wildman–Crippen MR) is 434 cm³/mol. The smallest absolute Gasteiger partial charge is 0.508 e. The van der Waals surface area contributed by atoms with Crippen LogP contribution in [0.1, 0.15) is 57.6 Å². The number of aliphatic hydroxyl groups excluding tert-OH is 1. The van der Waals surface area contributed by atoms with Crippen LogP contribution in [0.3, 0.4) is 0 Å². The van der Waals surface area contributed by atoms with Crippen molar-refractivity contribution < 1.29 is 191 Å². The summed E-state index contributed by atoms with van der Waals surface area (Å²) >= 11 is 39.9. The topological polar surface area (TPSA) is 291 Å². The Labute approximate surface area is 775 Å². The average Bonchev–Trinajstić information content (AvgIpc) is 1.48. The molecule has 12 atom stereocenters. The first kappa shape index (κ1) is 123. The maximum atomic E-state index is 13.7. The van der Waals surface area contributed by atoms with Gasteiger partial charge in [0.15, 0.2) is 46.5 Å². The number of fused-ring (bicyclic) bond motifs is 2. The Kier molecular flexibility index (Phi) is 52.2. The number of phenols is 1. The van der Waals surface area contributed by atoms with Crippen LogP contribution in [0.5, 0.6) is 34.5 Å². The molecule has 3 radical (unpaired) electrons. The van der Waals surface area contributed by atoms with E-state index >= 15 is 0 Å². The molecule has 2 saturated heterocycles. The van der Waals surface area contributed by atoms with Gasteiger partial charge in [-0.3, -0.25) is 14.6 Å². The molecule has 739 valence electrons. The Hall–Kier alpha value is -8.79. The van der Waals surface area contributed by atoms with Crippen LogP contribution >= 0.6 is 92.8 Å². The summed E-state index contributed by atoms with van der Waals surface area (Å²) < 4.78 is 263. The Morgan fingerprint density at radius 2 is 0.818 bits per heavy atom. The Balaban J connectivity index is 0.00000165. The molecule has 132 heavy (non-hydrogen) atoms. The molecule has 6 aliphatic heterocycles. The zero-order chi connectivity index (χ0) is 101. The van der Waals surface area contributed by atoms with Crippen LogP contribution in [0.2, 0.25) is 0 Å². The molecule has 6 aromatic rings. The molecule has 8 aliphatic rings. The number of nitrogens with two attached hydrogens (primary N) is 1. The van der Waals surface area contributed by atoms with Gasteiger partial charge in [0.25, 0.3) is 0 Å². The molecular formula is C76H76BCl8F24N6O17.